The molecular weight excluding hydrogens is 267 g/mol. The topological polar surface area (TPSA) is 38.1 Å². The van der Waals surface area contributed by atoms with Gasteiger partial charge in [-0.15, -0.1) is 12.4 Å². The van der Waals surface area contributed by atoms with E-state index in [1.165, 1.54) is 6.07 Å². The first-order chi connectivity index (χ1) is 8.81. The van der Waals surface area contributed by atoms with Gasteiger partial charge < -0.3 is 5.11 Å². The Labute approximate surface area is 115 Å². The normalized spacial score (nSPS) is 10.4. The van der Waals surface area contributed by atoms with Gasteiger partial charge in [0.25, 0.3) is 0 Å². The van der Waals surface area contributed by atoms with E-state index in [9.17, 15) is 9.50 Å². The molecule has 0 saturated heterocycles. The molecule has 3 aromatic rings. The van der Waals surface area contributed by atoms with E-state index in [0.29, 0.717) is 16.9 Å². The van der Waals surface area contributed by atoms with Crippen LogP contribution in [0.3, 0.4) is 0 Å². The monoisotopic (exact) mass is 278 g/mol. The van der Waals surface area contributed by atoms with E-state index in [4.69, 9.17) is 0 Å². The predicted molar refractivity (Wildman–Crippen MR) is 74.2 cm³/mol. The number of aromatic nitrogens is 2. The van der Waals surface area contributed by atoms with Crippen molar-refractivity contribution >= 4 is 23.4 Å². The van der Waals surface area contributed by atoms with E-state index in [-0.39, 0.29) is 24.8 Å². The van der Waals surface area contributed by atoms with Gasteiger partial charge >= 0.3 is 0 Å². The molecule has 0 aliphatic carbocycles. The van der Waals surface area contributed by atoms with Crippen LogP contribution in [0.4, 0.5) is 4.39 Å². The summed E-state index contributed by atoms with van der Waals surface area (Å²) < 4.78 is 15.6. The van der Waals surface area contributed by atoms with Gasteiger partial charge in [-0.3, -0.25) is 4.57 Å². The summed E-state index contributed by atoms with van der Waals surface area (Å²) in [5.41, 5.74) is 1.73. The highest BCUT2D eigenvalue weighted by Gasteiger charge is 2.14. The van der Waals surface area contributed by atoms with E-state index in [0.717, 1.165) is 5.69 Å². The SMILES string of the molecule is Cl.OCc1nc2cccc(F)c2n1-c1ccccc1. The van der Waals surface area contributed by atoms with Crippen molar-refractivity contribution in [2.24, 2.45) is 0 Å². The van der Waals surface area contributed by atoms with Crippen LogP contribution in [0.25, 0.3) is 16.7 Å². The second-order valence-corrected chi connectivity index (χ2v) is 3.96. The Hall–Kier alpha value is -1.91. The molecule has 3 rings (SSSR count). The lowest BCUT2D eigenvalue weighted by atomic mass is 10.2. The Morgan fingerprint density at radius 3 is 2.47 bits per heavy atom. The largest absolute Gasteiger partial charge is 0.388 e. The summed E-state index contributed by atoms with van der Waals surface area (Å²) in [5.74, 6) is 0.0878. The van der Waals surface area contributed by atoms with Crippen LogP contribution >= 0.6 is 12.4 Å². The second kappa shape index (κ2) is 5.38. The maximum absolute atomic E-state index is 13.9. The number of benzene rings is 2. The molecule has 0 aliphatic rings. The lowest BCUT2D eigenvalue weighted by Gasteiger charge is -2.07. The summed E-state index contributed by atoms with van der Waals surface area (Å²) in [6, 6.07) is 14.1. The zero-order valence-corrected chi connectivity index (χ0v) is 10.8. The molecule has 0 atom stereocenters. The minimum absolute atomic E-state index is 0. The van der Waals surface area contributed by atoms with Crippen LogP contribution in [0.1, 0.15) is 5.82 Å². The highest BCUT2D eigenvalue weighted by atomic mass is 35.5. The number of halogens is 2. The van der Waals surface area contributed by atoms with Gasteiger partial charge in [0.15, 0.2) is 0 Å². The molecule has 0 amide bonds. The molecule has 1 aromatic heterocycles. The lowest BCUT2D eigenvalue weighted by Crippen LogP contribution is -2.01. The number of para-hydroxylation sites is 2. The molecule has 0 bridgehead atoms. The first-order valence-corrected chi connectivity index (χ1v) is 5.63. The van der Waals surface area contributed by atoms with Gasteiger partial charge in [0.05, 0.1) is 5.52 Å². The van der Waals surface area contributed by atoms with Crippen molar-refractivity contribution in [3.63, 3.8) is 0 Å². The Balaban J connectivity index is 0.00000133. The zero-order valence-electron chi connectivity index (χ0n) is 9.95. The predicted octanol–water partition coefficient (Wildman–Crippen LogP) is 3.08. The summed E-state index contributed by atoms with van der Waals surface area (Å²) in [6.07, 6.45) is 0. The highest BCUT2D eigenvalue weighted by molar-refractivity contribution is 5.85. The van der Waals surface area contributed by atoms with Gasteiger partial charge in [0, 0.05) is 5.69 Å². The van der Waals surface area contributed by atoms with Crippen molar-refractivity contribution in [2.75, 3.05) is 0 Å². The number of rotatable bonds is 2. The molecule has 0 saturated carbocycles. The Morgan fingerprint density at radius 1 is 1.05 bits per heavy atom. The smallest absolute Gasteiger partial charge is 0.149 e. The van der Waals surface area contributed by atoms with E-state index < -0.39 is 0 Å². The molecule has 98 valence electrons. The van der Waals surface area contributed by atoms with E-state index in [2.05, 4.69) is 4.98 Å². The van der Waals surface area contributed by atoms with Crippen LogP contribution in [0.2, 0.25) is 0 Å². The van der Waals surface area contributed by atoms with Crippen LogP contribution in [-0.4, -0.2) is 14.7 Å². The number of fused-ring (bicyclic) bond motifs is 1. The third-order valence-corrected chi connectivity index (χ3v) is 2.85. The lowest BCUT2D eigenvalue weighted by molar-refractivity contribution is 0.270. The summed E-state index contributed by atoms with van der Waals surface area (Å²) >= 11 is 0. The molecule has 3 nitrogen and oxygen atoms in total. The van der Waals surface area contributed by atoms with Crippen molar-refractivity contribution in [2.45, 2.75) is 6.61 Å². The number of imidazole rings is 1. The van der Waals surface area contributed by atoms with Gasteiger partial charge in [-0.1, -0.05) is 24.3 Å². The summed E-state index contributed by atoms with van der Waals surface area (Å²) in [5, 5.41) is 9.37. The first-order valence-electron chi connectivity index (χ1n) is 5.63. The Morgan fingerprint density at radius 2 is 1.79 bits per heavy atom. The summed E-state index contributed by atoms with van der Waals surface area (Å²) in [6.45, 7) is -0.233. The Bertz CT molecular complexity index is 697. The fraction of sp³-hybridized carbons (Fsp3) is 0.0714. The van der Waals surface area contributed by atoms with Crippen LogP contribution in [-0.2, 0) is 6.61 Å². The molecule has 0 fully saturated rings. The van der Waals surface area contributed by atoms with Gasteiger partial charge in [0.2, 0.25) is 0 Å². The third kappa shape index (κ3) is 2.20. The van der Waals surface area contributed by atoms with Gasteiger partial charge in [-0.25, -0.2) is 9.37 Å². The van der Waals surface area contributed by atoms with Crippen LogP contribution in [0.5, 0.6) is 0 Å². The summed E-state index contributed by atoms with van der Waals surface area (Å²) in [7, 11) is 0. The molecule has 19 heavy (non-hydrogen) atoms. The fourth-order valence-corrected chi connectivity index (χ4v) is 2.09. The van der Waals surface area contributed by atoms with Gasteiger partial charge in [-0.2, -0.15) is 0 Å². The van der Waals surface area contributed by atoms with Gasteiger partial charge in [0.1, 0.15) is 23.8 Å². The van der Waals surface area contributed by atoms with E-state index in [1.807, 2.05) is 30.3 Å². The molecule has 0 spiro atoms. The number of aliphatic hydroxyl groups is 1. The minimum Gasteiger partial charge on any atom is -0.388 e. The van der Waals surface area contributed by atoms with Crippen molar-refractivity contribution in [1.82, 2.24) is 9.55 Å². The summed E-state index contributed by atoms with van der Waals surface area (Å²) in [4.78, 5) is 4.24. The molecule has 0 radical (unpaired) electrons. The standard InChI is InChI=1S/C14H11FN2O.ClH/c15-11-7-4-8-12-14(11)17(13(9-18)16-12)10-5-2-1-3-6-10;/h1-8,18H,9H2;1H. The molecule has 1 heterocycles. The minimum atomic E-state index is -0.344. The van der Waals surface area contributed by atoms with E-state index >= 15 is 0 Å². The van der Waals surface area contributed by atoms with Crippen LogP contribution < -0.4 is 0 Å². The molecule has 2 aromatic carbocycles. The molecule has 0 unspecified atom stereocenters. The number of aliphatic hydroxyl groups excluding tert-OH is 1. The average molecular weight is 279 g/mol. The third-order valence-electron chi connectivity index (χ3n) is 2.85. The van der Waals surface area contributed by atoms with Gasteiger partial charge in [-0.05, 0) is 24.3 Å². The van der Waals surface area contributed by atoms with Crippen LogP contribution in [0, 0.1) is 5.82 Å². The quantitative estimate of drug-likeness (QED) is 0.782. The fourth-order valence-electron chi connectivity index (χ4n) is 2.09. The Kier molecular flexibility index (Phi) is 3.83. The number of hydrogen-bond donors (Lipinski definition) is 1. The number of hydrogen-bond acceptors (Lipinski definition) is 2. The second-order valence-electron chi connectivity index (χ2n) is 3.96. The zero-order chi connectivity index (χ0) is 12.5. The van der Waals surface area contributed by atoms with Crippen molar-refractivity contribution in [3.05, 3.63) is 60.2 Å². The van der Waals surface area contributed by atoms with Crippen molar-refractivity contribution in [3.8, 4) is 5.69 Å². The number of nitrogens with zero attached hydrogens (tertiary/aromatic N) is 2. The molecule has 5 heteroatoms. The first kappa shape index (κ1) is 13.5. The highest BCUT2D eigenvalue weighted by Crippen LogP contribution is 2.23. The maximum atomic E-state index is 13.9. The maximum Gasteiger partial charge on any atom is 0.149 e. The molecule has 0 aliphatic heterocycles. The average Bonchev–Trinajstić information content (AvgIpc) is 2.79. The molecular formula is C14H12ClFN2O. The van der Waals surface area contributed by atoms with Crippen molar-refractivity contribution in [1.29, 1.82) is 0 Å². The van der Waals surface area contributed by atoms with Crippen LogP contribution in [0.15, 0.2) is 48.5 Å². The van der Waals surface area contributed by atoms with E-state index in [1.54, 1.807) is 16.7 Å². The van der Waals surface area contributed by atoms with Crippen molar-refractivity contribution < 1.29 is 9.50 Å². The molecule has 1 N–H and O–H groups in total.